The van der Waals surface area contributed by atoms with Crippen LogP contribution in [0.15, 0.2) is 22.7 Å². The Bertz CT molecular complexity index is 386. The predicted molar refractivity (Wildman–Crippen MR) is 80.4 cm³/mol. The van der Waals surface area contributed by atoms with Gasteiger partial charge in [-0.2, -0.15) is 0 Å². The number of hydrogen-bond donors (Lipinski definition) is 1. The molecule has 0 heterocycles. The quantitative estimate of drug-likeness (QED) is 0.859. The fourth-order valence-corrected chi connectivity index (χ4v) is 3.25. The summed E-state index contributed by atoms with van der Waals surface area (Å²) in [6.07, 6.45) is 6.65. The Balaban J connectivity index is 1.92. The van der Waals surface area contributed by atoms with Gasteiger partial charge in [-0.3, -0.25) is 0 Å². The van der Waals surface area contributed by atoms with E-state index in [1.54, 1.807) is 7.11 Å². The van der Waals surface area contributed by atoms with Crippen LogP contribution < -0.4 is 10.1 Å². The second-order valence-corrected chi connectivity index (χ2v) is 5.97. The molecule has 1 saturated carbocycles. The Labute approximate surface area is 118 Å². The van der Waals surface area contributed by atoms with Crippen LogP contribution in [0.5, 0.6) is 5.75 Å². The van der Waals surface area contributed by atoms with E-state index >= 15 is 0 Å². The molecular weight excluding hydrogens is 290 g/mol. The van der Waals surface area contributed by atoms with Gasteiger partial charge in [0.15, 0.2) is 0 Å². The van der Waals surface area contributed by atoms with Crippen molar-refractivity contribution in [3.8, 4) is 5.75 Å². The third-order valence-electron chi connectivity index (χ3n) is 3.95. The number of halogens is 1. The largest absolute Gasteiger partial charge is 0.496 e. The smallest absolute Gasteiger partial charge is 0.133 e. The van der Waals surface area contributed by atoms with Gasteiger partial charge in [0.25, 0.3) is 0 Å². The molecule has 0 saturated heterocycles. The first-order valence-corrected chi connectivity index (χ1v) is 7.62. The molecule has 1 aromatic rings. The van der Waals surface area contributed by atoms with E-state index in [1.165, 1.54) is 37.8 Å². The van der Waals surface area contributed by atoms with Crippen molar-refractivity contribution < 1.29 is 4.74 Å². The number of rotatable bonds is 4. The van der Waals surface area contributed by atoms with Gasteiger partial charge in [-0.15, -0.1) is 0 Å². The molecule has 1 fully saturated rings. The highest BCUT2D eigenvalue weighted by Gasteiger charge is 2.19. The maximum absolute atomic E-state index is 5.24. The van der Waals surface area contributed by atoms with Crippen LogP contribution in [-0.4, -0.2) is 13.2 Å². The minimum absolute atomic E-state index is 0.632. The van der Waals surface area contributed by atoms with Crippen molar-refractivity contribution in [2.24, 2.45) is 5.92 Å². The SMILES string of the molecule is CCC1CCC(Nc2ccc(OC)c(Br)c2)CC1. The summed E-state index contributed by atoms with van der Waals surface area (Å²) >= 11 is 3.53. The summed E-state index contributed by atoms with van der Waals surface area (Å²) in [7, 11) is 1.69. The average Bonchev–Trinajstić information content (AvgIpc) is 2.40. The van der Waals surface area contributed by atoms with Crippen LogP contribution in [0.3, 0.4) is 0 Å². The van der Waals surface area contributed by atoms with Gasteiger partial charge in [0, 0.05) is 11.7 Å². The monoisotopic (exact) mass is 311 g/mol. The zero-order valence-electron chi connectivity index (χ0n) is 11.2. The number of ether oxygens (including phenoxy) is 1. The number of nitrogens with one attached hydrogen (secondary N) is 1. The normalized spacial score (nSPS) is 23.7. The molecule has 0 atom stereocenters. The highest BCUT2D eigenvalue weighted by atomic mass is 79.9. The van der Waals surface area contributed by atoms with E-state index in [9.17, 15) is 0 Å². The fraction of sp³-hybridized carbons (Fsp3) is 0.600. The lowest BCUT2D eigenvalue weighted by Gasteiger charge is -2.29. The van der Waals surface area contributed by atoms with E-state index in [0.29, 0.717) is 6.04 Å². The first-order valence-electron chi connectivity index (χ1n) is 6.83. The van der Waals surface area contributed by atoms with Crippen LogP contribution in [0.2, 0.25) is 0 Å². The fourth-order valence-electron chi connectivity index (χ4n) is 2.71. The van der Waals surface area contributed by atoms with Gasteiger partial charge in [-0.05, 0) is 65.7 Å². The van der Waals surface area contributed by atoms with Gasteiger partial charge in [-0.25, -0.2) is 0 Å². The topological polar surface area (TPSA) is 21.3 Å². The van der Waals surface area contributed by atoms with E-state index in [4.69, 9.17) is 4.74 Å². The summed E-state index contributed by atoms with van der Waals surface area (Å²) in [5.41, 5.74) is 1.18. The molecule has 0 unspecified atom stereocenters. The Morgan fingerprint density at radius 1 is 1.28 bits per heavy atom. The van der Waals surface area contributed by atoms with Crippen molar-refractivity contribution in [1.29, 1.82) is 0 Å². The van der Waals surface area contributed by atoms with Gasteiger partial charge < -0.3 is 10.1 Å². The summed E-state index contributed by atoms with van der Waals surface area (Å²) < 4.78 is 6.26. The number of methoxy groups -OCH3 is 1. The molecule has 0 aliphatic heterocycles. The van der Waals surface area contributed by atoms with Crippen molar-refractivity contribution in [2.45, 2.75) is 45.1 Å². The summed E-state index contributed by atoms with van der Waals surface area (Å²) in [5, 5.41) is 3.63. The molecule has 1 aliphatic rings. The highest BCUT2D eigenvalue weighted by molar-refractivity contribution is 9.10. The van der Waals surface area contributed by atoms with Crippen molar-refractivity contribution in [3.63, 3.8) is 0 Å². The maximum Gasteiger partial charge on any atom is 0.133 e. The Morgan fingerprint density at radius 2 is 2.00 bits per heavy atom. The molecule has 0 aromatic heterocycles. The summed E-state index contributed by atoms with van der Waals surface area (Å²) in [6, 6.07) is 6.83. The van der Waals surface area contributed by atoms with Crippen LogP contribution in [0.1, 0.15) is 39.0 Å². The lowest BCUT2D eigenvalue weighted by Crippen LogP contribution is -2.25. The number of hydrogen-bond acceptors (Lipinski definition) is 2. The van der Waals surface area contributed by atoms with Crippen molar-refractivity contribution in [1.82, 2.24) is 0 Å². The molecule has 1 N–H and O–H groups in total. The van der Waals surface area contributed by atoms with Crippen LogP contribution in [0, 0.1) is 5.92 Å². The minimum atomic E-state index is 0.632. The predicted octanol–water partition coefficient (Wildman–Crippen LogP) is 4.84. The number of benzene rings is 1. The molecule has 18 heavy (non-hydrogen) atoms. The molecule has 2 rings (SSSR count). The number of anilines is 1. The molecule has 0 amide bonds. The van der Waals surface area contributed by atoms with Crippen molar-refractivity contribution in [2.75, 3.05) is 12.4 Å². The van der Waals surface area contributed by atoms with Gasteiger partial charge in [0.05, 0.1) is 11.6 Å². The molecule has 0 radical (unpaired) electrons. The molecular formula is C15H22BrNO. The maximum atomic E-state index is 5.24. The summed E-state index contributed by atoms with van der Waals surface area (Å²) in [4.78, 5) is 0. The van der Waals surface area contributed by atoms with Crippen LogP contribution in [-0.2, 0) is 0 Å². The van der Waals surface area contributed by atoms with Gasteiger partial charge in [0.1, 0.15) is 5.75 Å². The standard InChI is InChI=1S/C15H22BrNO/c1-3-11-4-6-12(7-5-11)17-13-8-9-15(18-2)14(16)10-13/h8-12,17H,3-7H2,1-2H3. The van der Waals surface area contributed by atoms with Crippen molar-refractivity contribution >= 4 is 21.6 Å². The molecule has 1 aromatic carbocycles. The molecule has 0 bridgehead atoms. The first kappa shape index (κ1) is 13.7. The lowest BCUT2D eigenvalue weighted by molar-refractivity contribution is 0.330. The molecule has 100 valence electrons. The Hall–Kier alpha value is -0.700. The average molecular weight is 312 g/mol. The second-order valence-electron chi connectivity index (χ2n) is 5.12. The Kier molecular flexibility index (Phi) is 4.93. The van der Waals surface area contributed by atoms with Crippen LogP contribution in [0.4, 0.5) is 5.69 Å². The highest BCUT2D eigenvalue weighted by Crippen LogP contribution is 2.31. The van der Waals surface area contributed by atoms with Gasteiger partial charge >= 0.3 is 0 Å². The molecule has 3 heteroatoms. The third-order valence-corrected chi connectivity index (χ3v) is 4.57. The van der Waals surface area contributed by atoms with Crippen molar-refractivity contribution in [3.05, 3.63) is 22.7 Å². The second kappa shape index (κ2) is 6.46. The van der Waals surface area contributed by atoms with E-state index < -0.39 is 0 Å². The van der Waals surface area contributed by atoms with Crippen LogP contribution >= 0.6 is 15.9 Å². The third kappa shape index (κ3) is 3.41. The molecule has 0 spiro atoms. The lowest BCUT2D eigenvalue weighted by atomic mass is 9.84. The van der Waals surface area contributed by atoms with E-state index in [1.807, 2.05) is 6.07 Å². The van der Waals surface area contributed by atoms with E-state index in [0.717, 1.165) is 16.1 Å². The Morgan fingerprint density at radius 3 is 2.56 bits per heavy atom. The van der Waals surface area contributed by atoms with Gasteiger partial charge in [-0.1, -0.05) is 13.3 Å². The molecule has 1 aliphatic carbocycles. The van der Waals surface area contributed by atoms with Crippen LogP contribution in [0.25, 0.3) is 0 Å². The first-order chi connectivity index (χ1) is 8.72. The summed E-state index contributed by atoms with van der Waals surface area (Å²) in [6.45, 7) is 2.30. The van der Waals surface area contributed by atoms with Gasteiger partial charge in [0.2, 0.25) is 0 Å². The zero-order chi connectivity index (χ0) is 13.0. The minimum Gasteiger partial charge on any atom is -0.496 e. The molecule has 2 nitrogen and oxygen atoms in total. The zero-order valence-corrected chi connectivity index (χ0v) is 12.8. The van der Waals surface area contributed by atoms with E-state index in [-0.39, 0.29) is 0 Å². The summed E-state index contributed by atoms with van der Waals surface area (Å²) in [5.74, 6) is 1.83. The van der Waals surface area contributed by atoms with E-state index in [2.05, 4.69) is 40.3 Å².